The molecule has 0 aromatic heterocycles. The SMILES string of the molecule is CC1(C)OC2CS(=O)(=O)CC2O1. The van der Waals surface area contributed by atoms with Gasteiger partial charge >= 0.3 is 0 Å². The molecule has 2 saturated heterocycles. The lowest BCUT2D eigenvalue weighted by Gasteiger charge is -2.17. The van der Waals surface area contributed by atoms with Crippen LogP contribution in [0.15, 0.2) is 0 Å². The Morgan fingerprint density at radius 1 is 1.17 bits per heavy atom. The summed E-state index contributed by atoms with van der Waals surface area (Å²) in [4.78, 5) is 0. The highest BCUT2D eigenvalue weighted by Crippen LogP contribution is 2.33. The minimum absolute atomic E-state index is 0.112. The second kappa shape index (κ2) is 2.21. The van der Waals surface area contributed by atoms with Gasteiger partial charge in [0.05, 0.1) is 11.5 Å². The summed E-state index contributed by atoms with van der Waals surface area (Å²) in [5.41, 5.74) is 0. The average molecular weight is 192 g/mol. The second-order valence-corrected chi connectivity index (χ2v) is 5.94. The van der Waals surface area contributed by atoms with Crippen LogP contribution in [0.2, 0.25) is 0 Å². The Hall–Kier alpha value is -0.130. The summed E-state index contributed by atoms with van der Waals surface area (Å²) in [5, 5.41) is 0. The van der Waals surface area contributed by atoms with Crippen LogP contribution in [-0.2, 0) is 19.3 Å². The molecule has 0 spiro atoms. The highest BCUT2D eigenvalue weighted by molar-refractivity contribution is 7.91. The van der Waals surface area contributed by atoms with Gasteiger partial charge in [-0.1, -0.05) is 0 Å². The fraction of sp³-hybridized carbons (Fsp3) is 1.00. The fourth-order valence-electron chi connectivity index (χ4n) is 1.76. The van der Waals surface area contributed by atoms with E-state index in [1.807, 2.05) is 0 Å². The summed E-state index contributed by atoms with van der Waals surface area (Å²) in [6, 6.07) is 0. The van der Waals surface area contributed by atoms with Crippen LogP contribution in [0.25, 0.3) is 0 Å². The molecule has 4 nitrogen and oxygen atoms in total. The fourth-order valence-corrected chi connectivity index (χ4v) is 3.46. The lowest BCUT2D eigenvalue weighted by molar-refractivity contribution is -0.143. The molecular formula is C7H12O4S. The zero-order chi connectivity index (χ0) is 8.98. The van der Waals surface area contributed by atoms with Gasteiger partial charge in [-0.3, -0.25) is 0 Å². The molecule has 0 saturated carbocycles. The van der Waals surface area contributed by atoms with Gasteiger partial charge in [0.2, 0.25) is 0 Å². The van der Waals surface area contributed by atoms with Gasteiger partial charge < -0.3 is 9.47 Å². The van der Waals surface area contributed by atoms with E-state index in [-0.39, 0.29) is 23.7 Å². The summed E-state index contributed by atoms with van der Waals surface area (Å²) >= 11 is 0. The molecule has 2 aliphatic rings. The van der Waals surface area contributed by atoms with Gasteiger partial charge in [0.15, 0.2) is 15.6 Å². The standard InChI is InChI=1S/C7H12O4S/c1-7(2)10-5-3-12(8,9)4-6(5)11-7/h5-6H,3-4H2,1-2H3. The monoisotopic (exact) mass is 192 g/mol. The molecule has 2 aliphatic heterocycles. The van der Waals surface area contributed by atoms with Crippen LogP contribution in [-0.4, -0.2) is 37.9 Å². The Morgan fingerprint density at radius 2 is 1.58 bits per heavy atom. The predicted molar refractivity (Wildman–Crippen MR) is 42.5 cm³/mol. The van der Waals surface area contributed by atoms with Crippen molar-refractivity contribution in [1.82, 2.24) is 0 Å². The summed E-state index contributed by atoms with van der Waals surface area (Å²) in [7, 11) is -2.91. The van der Waals surface area contributed by atoms with Gasteiger partial charge in [-0.25, -0.2) is 8.42 Å². The molecule has 0 aromatic rings. The summed E-state index contributed by atoms with van der Waals surface area (Å²) in [6.45, 7) is 3.61. The Labute approximate surface area is 71.8 Å². The first kappa shape index (κ1) is 8.47. The van der Waals surface area contributed by atoms with E-state index in [9.17, 15) is 8.42 Å². The molecule has 5 heteroatoms. The van der Waals surface area contributed by atoms with E-state index in [0.717, 1.165) is 0 Å². The van der Waals surface area contributed by atoms with Crippen LogP contribution in [0.5, 0.6) is 0 Å². The molecule has 12 heavy (non-hydrogen) atoms. The van der Waals surface area contributed by atoms with Crippen LogP contribution in [0.4, 0.5) is 0 Å². The summed E-state index contributed by atoms with van der Waals surface area (Å²) < 4.78 is 33.0. The number of fused-ring (bicyclic) bond motifs is 1. The molecule has 2 fully saturated rings. The van der Waals surface area contributed by atoms with Crippen molar-refractivity contribution >= 4 is 9.84 Å². The van der Waals surface area contributed by atoms with E-state index in [1.165, 1.54) is 0 Å². The van der Waals surface area contributed by atoms with Crippen molar-refractivity contribution < 1.29 is 17.9 Å². The molecular weight excluding hydrogens is 180 g/mol. The van der Waals surface area contributed by atoms with Gasteiger partial charge in [-0.05, 0) is 13.8 Å². The van der Waals surface area contributed by atoms with Gasteiger partial charge in [-0.2, -0.15) is 0 Å². The number of ether oxygens (including phenoxy) is 2. The minimum atomic E-state index is -2.91. The smallest absolute Gasteiger partial charge is 0.163 e. The van der Waals surface area contributed by atoms with E-state index in [0.29, 0.717) is 0 Å². The highest BCUT2D eigenvalue weighted by atomic mass is 32.2. The maximum Gasteiger partial charge on any atom is 0.163 e. The third kappa shape index (κ3) is 1.36. The van der Waals surface area contributed by atoms with Crippen molar-refractivity contribution in [1.29, 1.82) is 0 Å². The van der Waals surface area contributed by atoms with Crippen LogP contribution >= 0.6 is 0 Å². The molecule has 0 aromatic carbocycles. The molecule has 70 valence electrons. The van der Waals surface area contributed by atoms with E-state index < -0.39 is 15.6 Å². The minimum Gasteiger partial charge on any atom is -0.343 e. The Bertz CT molecular complexity index is 271. The van der Waals surface area contributed by atoms with Crippen LogP contribution in [0.3, 0.4) is 0 Å². The molecule has 0 aliphatic carbocycles. The van der Waals surface area contributed by atoms with Gasteiger partial charge in [-0.15, -0.1) is 0 Å². The predicted octanol–water partition coefficient (Wildman–Crippen LogP) is -0.0651. The third-order valence-corrected chi connectivity index (χ3v) is 3.79. The summed E-state index contributed by atoms with van der Waals surface area (Å²) in [5.74, 6) is -0.381. The molecule has 0 bridgehead atoms. The normalized spacial score (nSPS) is 42.8. The number of hydrogen-bond donors (Lipinski definition) is 0. The van der Waals surface area contributed by atoms with Crippen molar-refractivity contribution in [2.24, 2.45) is 0 Å². The molecule has 0 N–H and O–H groups in total. The quantitative estimate of drug-likeness (QED) is 0.539. The van der Waals surface area contributed by atoms with Crippen molar-refractivity contribution in [2.45, 2.75) is 31.8 Å². The van der Waals surface area contributed by atoms with Gasteiger partial charge in [0.25, 0.3) is 0 Å². The number of hydrogen-bond acceptors (Lipinski definition) is 4. The van der Waals surface area contributed by atoms with Gasteiger partial charge in [0, 0.05) is 0 Å². The molecule has 2 rings (SSSR count). The van der Waals surface area contributed by atoms with Crippen molar-refractivity contribution in [3.63, 3.8) is 0 Å². The summed E-state index contributed by atoms with van der Waals surface area (Å²) in [6.07, 6.45) is -0.491. The Balaban J connectivity index is 2.17. The zero-order valence-corrected chi connectivity index (χ0v) is 7.93. The van der Waals surface area contributed by atoms with Crippen molar-refractivity contribution in [2.75, 3.05) is 11.5 Å². The largest absolute Gasteiger partial charge is 0.343 e. The maximum absolute atomic E-state index is 11.1. The van der Waals surface area contributed by atoms with Crippen molar-refractivity contribution in [3.05, 3.63) is 0 Å². The first-order valence-corrected chi connectivity index (χ1v) is 5.76. The highest BCUT2D eigenvalue weighted by Gasteiger charge is 2.49. The Kier molecular flexibility index (Phi) is 1.56. The van der Waals surface area contributed by atoms with E-state index >= 15 is 0 Å². The van der Waals surface area contributed by atoms with E-state index in [2.05, 4.69) is 0 Å². The molecule has 0 amide bonds. The maximum atomic E-state index is 11.1. The van der Waals surface area contributed by atoms with Crippen LogP contribution in [0, 0.1) is 0 Å². The van der Waals surface area contributed by atoms with E-state index in [4.69, 9.17) is 9.47 Å². The Morgan fingerprint density at radius 3 is 2.00 bits per heavy atom. The molecule has 0 radical (unpaired) electrons. The molecule has 2 unspecified atom stereocenters. The molecule has 2 atom stereocenters. The zero-order valence-electron chi connectivity index (χ0n) is 7.11. The van der Waals surface area contributed by atoms with Crippen LogP contribution < -0.4 is 0 Å². The van der Waals surface area contributed by atoms with E-state index in [1.54, 1.807) is 13.8 Å². The first-order chi connectivity index (χ1) is 5.38. The average Bonchev–Trinajstić information content (AvgIpc) is 2.12. The second-order valence-electron chi connectivity index (χ2n) is 3.79. The molecule has 2 heterocycles. The first-order valence-electron chi connectivity index (χ1n) is 3.94. The lowest BCUT2D eigenvalue weighted by atomic mass is 10.3. The number of sulfone groups is 1. The third-order valence-electron chi connectivity index (χ3n) is 2.12. The topological polar surface area (TPSA) is 52.6 Å². The van der Waals surface area contributed by atoms with Gasteiger partial charge in [0.1, 0.15) is 12.2 Å². The van der Waals surface area contributed by atoms with Crippen molar-refractivity contribution in [3.8, 4) is 0 Å². The number of rotatable bonds is 0. The lowest BCUT2D eigenvalue weighted by Crippen LogP contribution is -2.25. The van der Waals surface area contributed by atoms with Crippen LogP contribution in [0.1, 0.15) is 13.8 Å².